The number of pyridine rings is 1. The van der Waals surface area contributed by atoms with Gasteiger partial charge in [0.25, 0.3) is 5.91 Å². The van der Waals surface area contributed by atoms with E-state index in [1.54, 1.807) is 24.9 Å². The molecule has 4 nitrogen and oxygen atoms in total. The second-order valence-corrected chi connectivity index (χ2v) is 5.24. The SMILES string of the molecule is CNc1ncc(C(=O)NCC(C)SC)cc1Cl. The van der Waals surface area contributed by atoms with Crippen LogP contribution in [0.1, 0.15) is 17.3 Å². The third-order valence-corrected chi connectivity index (χ3v) is 3.55. The van der Waals surface area contributed by atoms with Gasteiger partial charge in [-0.05, 0) is 12.3 Å². The molecule has 1 aromatic heterocycles. The molecule has 0 saturated heterocycles. The van der Waals surface area contributed by atoms with E-state index < -0.39 is 0 Å². The van der Waals surface area contributed by atoms with Crippen LogP contribution in [-0.4, -0.2) is 36.0 Å². The Bertz CT molecular complexity index is 400. The van der Waals surface area contributed by atoms with Gasteiger partial charge in [0.2, 0.25) is 0 Å². The molecule has 0 aliphatic rings. The average molecular weight is 274 g/mol. The van der Waals surface area contributed by atoms with E-state index in [2.05, 4.69) is 22.5 Å². The molecule has 1 unspecified atom stereocenters. The van der Waals surface area contributed by atoms with E-state index in [9.17, 15) is 4.79 Å². The molecule has 2 N–H and O–H groups in total. The molecule has 0 aromatic carbocycles. The number of hydrogen-bond donors (Lipinski definition) is 2. The molecule has 1 amide bonds. The van der Waals surface area contributed by atoms with E-state index in [4.69, 9.17) is 11.6 Å². The number of rotatable bonds is 5. The van der Waals surface area contributed by atoms with Gasteiger partial charge in [-0.25, -0.2) is 4.98 Å². The first-order valence-corrected chi connectivity index (χ1v) is 6.89. The molecule has 1 heterocycles. The van der Waals surface area contributed by atoms with Crippen LogP contribution in [0.15, 0.2) is 12.3 Å². The van der Waals surface area contributed by atoms with Crippen LogP contribution in [0, 0.1) is 0 Å². The molecule has 94 valence electrons. The highest BCUT2D eigenvalue weighted by atomic mass is 35.5. The highest BCUT2D eigenvalue weighted by molar-refractivity contribution is 7.99. The van der Waals surface area contributed by atoms with Gasteiger partial charge in [-0.15, -0.1) is 0 Å². The molecule has 1 rings (SSSR count). The van der Waals surface area contributed by atoms with Crippen LogP contribution in [0.3, 0.4) is 0 Å². The molecule has 0 aliphatic heterocycles. The Kier molecular flexibility index (Phi) is 5.58. The molecule has 0 aliphatic carbocycles. The Balaban J connectivity index is 2.66. The zero-order valence-electron chi connectivity index (χ0n) is 10.1. The lowest BCUT2D eigenvalue weighted by atomic mass is 10.2. The normalized spacial score (nSPS) is 12.0. The minimum Gasteiger partial charge on any atom is -0.372 e. The number of amides is 1. The van der Waals surface area contributed by atoms with Crippen molar-refractivity contribution in [3.63, 3.8) is 0 Å². The summed E-state index contributed by atoms with van der Waals surface area (Å²) >= 11 is 7.66. The van der Waals surface area contributed by atoms with Gasteiger partial charge in [0.1, 0.15) is 5.82 Å². The topological polar surface area (TPSA) is 54.0 Å². The maximum Gasteiger partial charge on any atom is 0.252 e. The molecule has 6 heteroatoms. The zero-order chi connectivity index (χ0) is 12.8. The number of halogens is 1. The Hall–Kier alpha value is -0.940. The lowest BCUT2D eigenvalue weighted by Gasteiger charge is -2.10. The first kappa shape index (κ1) is 14.1. The van der Waals surface area contributed by atoms with Crippen LogP contribution >= 0.6 is 23.4 Å². The monoisotopic (exact) mass is 273 g/mol. The molecule has 0 radical (unpaired) electrons. The summed E-state index contributed by atoms with van der Waals surface area (Å²) in [6.45, 7) is 2.69. The molecular formula is C11H16ClN3OS. The van der Waals surface area contributed by atoms with Crippen LogP contribution in [-0.2, 0) is 0 Å². The maximum atomic E-state index is 11.8. The average Bonchev–Trinajstić information content (AvgIpc) is 2.35. The van der Waals surface area contributed by atoms with Crippen molar-refractivity contribution in [2.75, 3.05) is 25.2 Å². The van der Waals surface area contributed by atoms with Crippen molar-refractivity contribution in [1.82, 2.24) is 10.3 Å². The minimum absolute atomic E-state index is 0.150. The van der Waals surface area contributed by atoms with Crippen molar-refractivity contribution in [2.45, 2.75) is 12.2 Å². The van der Waals surface area contributed by atoms with E-state index >= 15 is 0 Å². The Labute approximate surface area is 111 Å². The van der Waals surface area contributed by atoms with E-state index in [0.29, 0.717) is 28.2 Å². The van der Waals surface area contributed by atoms with Crippen LogP contribution in [0.25, 0.3) is 0 Å². The Morgan fingerprint density at radius 2 is 2.35 bits per heavy atom. The van der Waals surface area contributed by atoms with E-state index in [1.807, 2.05) is 6.26 Å². The first-order chi connectivity index (χ1) is 8.08. The van der Waals surface area contributed by atoms with E-state index in [1.165, 1.54) is 6.20 Å². The second kappa shape index (κ2) is 6.71. The highest BCUT2D eigenvalue weighted by Gasteiger charge is 2.10. The predicted octanol–water partition coefficient (Wildman–Crippen LogP) is 2.26. The van der Waals surface area contributed by atoms with Gasteiger partial charge >= 0.3 is 0 Å². The minimum atomic E-state index is -0.150. The summed E-state index contributed by atoms with van der Waals surface area (Å²) in [7, 11) is 1.73. The van der Waals surface area contributed by atoms with Gasteiger partial charge in [-0.2, -0.15) is 11.8 Å². The molecule has 1 aromatic rings. The number of hydrogen-bond acceptors (Lipinski definition) is 4. The van der Waals surface area contributed by atoms with Gasteiger partial charge in [0.15, 0.2) is 0 Å². The van der Waals surface area contributed by atoms with Crippen molar-refractivity contribution < 1.29 is 4.79 Å². The summed E-state index contributed by atoms with van der Waals surface area (Å²) in [5.74, 6) is 0.420. The lowest BCUT2D eigenvalue weighted by Crippen LogP contribution is -2.29. The Morgan fingerprint density at radius 3 is 2.88 bits per heavy atom. The van der Waals surface area contributed by atoms with Crippen LogP contribution in [0.2, 0.25) is 5.02 Å². The fourth-order valence-corrected chi connectivity index (χ4v) is 1.68. The van der Waals surface area contributed by atoms with Crippen molar-refractivity contribution in [3.8, 4) is 0 Å². The van der Waals surface area contributed by atoms with Crippen molar-refractivity contribution in [1.29, 1.82) is 0 Å². The number of carbonyl (C=O) groups is 1. The molecule has 17 heavy (non-hydrogen) atoms. The maximum absolute atomic E-state index is 11.8. The van der Waals surface area contributed by atoms with Crippen LogP contribution in [0.5, 0.6) is 0 Å². The van der Waals surface area contributed by atoms with Gasteiger partial charge in [-0.3, -0.25) is 4.79 Å². The lowest BCUT2D eigenvalue weighted by molar-refractivity contribution is 0.0954. The van der Waals surface area contributed by atoms with Crippen LogP contribution in [0.4, 0.5) is 5.82 Å². The van der Waals surface area contributed by atoms with E-state index in [-0.39, 0.29) is 5.91 Å². The molecule has 0 saturated carbocycles. The Morgan fingerprint density at radius 1 is 1.65 bits per heavy atom. The molecular weight excluding hydrogens is 258 g/mol. The zero-order valence-corrected chi connectivity index (χ0v) is 11.7. The smallest absolute Gasteiger partial charge is 0.252 e. The third kappa shape index (κ3) is 4.09. The fraction of sp³-hybridized carbons (Fsp3) is 0.455. The summed E-state index contributed by atoms with van der Waals surface area (Å²) in [6, 6.07) is 1.61. The summed E-state index contributed by atoms with van der Waals surface area (Å²) in [5, 5.41) is 6.51. The second-order valence-electron chi connectivity index (χ2n) is 3.56. The standard InChI is InChI=1S/C11H16ClN3OS/c1-7(17-3)5-15-11(16)8-4-9(12)10(13-2)14-6-8/h4,6-7H,5H2,1-3H3,(H,13,14)(H,15,16). The number of thioether (sulfide) groups is 1. The summed E-state index contributed by atoms with van der Waals surface area (Å²) in [6.07, 6.45) is 3.52. The number of anilines is 1. The highest BCUT2D eigenvalue weighted by Crippen LogP contribution is 2.19. The van der Waals surface area contributed by atoms with Crippen molar-refractivity contribution >= 4 is 35.1 Å². The van der Waals surface area contributed by atoms with Crippen molar-refractivity contribution in [2.24, 2.45) is 0 Å². The molecule has 0 spiro atoms. The third-order valence-electron chi connectivity index (χ3n) is 2.29. The summed E-state index contributed by atoms with van der Waals surface area (Å²) in [4.78, 5) is 15.8. The number of nitrogens with zero attached hydrogens (tertiary/aromatic N) is 1. The fourth-order valence-electron chi connectivity index (χ4n) is 1.17. The largest absolute Gasteiger partial charge is 0.372 e. The van der Waals surface area contributed by atoms with Crippen LogP contribution < -0.4 is 10.6 Å². The summed E-state index contributed by atoms with van der Waals surface area (Å²) < 4.78 is 0. The summed E-state index contributed by atoms with van der Waals surface area (Å²) in [5.41, 5.74) is 0.474. The quantitative estimate of drug-likeness (QED) is 0.864. The number of nitrogens with one attached hydrogen (secondary N) is 2. The number of aromatic nitrogens is 1. The van der Waals surface area contributed by atoms with Crippen molar-refractivity contribution in [3.05, 3.63) is 22.8 Å². The molecule has 0 bridgehead atoms. The van der Waals surface area contributed by atoms with Gasteiger partial charge < -0.3 is 10.6 Å². The van der Waals surface area contributed by atoms with Gasteiger partial charge in [-0.1, -0.05) is 18.5 Å². The molecule has 0 fully saturated rings. The van der Waals surface area contributed by atoms with Gasteiger partial charge in [0.05, 0.1) is 10.6 Å². The van der Waals surface area contributed by atoms with Gasteiger partial charge in [0, 0.05) is 25.0 Å². The predicted molar refractivity (Wildman–Crippen MR) is 74.1 cm³/mol. The first-order valence-electron chi connectivity index (χ1n) is 5.22. The number of carbonyl (C=O) groups excluding carboxylic acids is 1. The molecule has 1 atom stereocenters. The van der Waals surface area contributed by atoms with E-state index in [0.717, 1.165) is 0 Å².